The van der Waals surface area contributed by atoms with E-state index in [4.69, 9.17) is 5.73 Å². The van der Waals surface area contributed by atoms with Crippen LogP contribution >= 0.6 is 0 Å². The third-order valence-electron chi connectivity index (χ3n) is 2.53. The molecule has 0 bridgehead atoms. The van der Waals surface area contributed by atoms with Crippen molar-refractivity contribution in [2.24, 2.45) is 5.73 Å². The van der Waals surface area contributed by atoms with Crippen molar-refractivity contribution in [3.05, 3.63) is 12.7 Å². The first kappa shape index (κ1) is 9.51. The monoisotopic (exact) mass is 202 g/mol. The molecule has 1 saturated carbocycles. The predicted octanol–water partition coefficient (Wildman–Crippen LogP) is 0.966. The molecule has 4 nitrogen and oxygen atoms in total. The maximum absolute atomic E-state index is 13.2. The van der Waals surface area contributed by atoms with Crippen molar-refractivity contribution in [1.29, 1.82) is 0 Å². The Morgan fingerprint density at radius 3 is 2.50 bits per heavy atom. The van der Waals surface area contributed by atoms with Crippen molar-refractivity contribution in [2.75, 3.05) is 0 Å². The molecule has 2 unspecified atom stereocenters. The molecule has 1 aromatic heterocycles. The average molecular weight is 202 g/mol. The lowest BCUT2D eigenvalue weighted by Gasteiger charge is -2.33. The van der Waals surface area contributed by atoms with Gasteiger partial charge in [0.25, 0.3) is 5.92 Å². The summed E-state index contributed by atoms with van der Waals surface area (Å²) in [6.07, 6.45) is 3.09. The molecule has 0 aromatic carbocycles. The number of alkyl halides is 2. The summed E-state index contributed by atoms with van der Waals surface area (Å²) < 4.78 is 27.9. The first-order chi connectivity index (χ1) is 6.57. The number of rotatable bonds is 1. The molecule has 1 aromatic rings. The Bertz CT molecular complexity index is 298. The third-order valence-corrected chi connectivity index (χ3v) is 2.53. The van der Waals surface area contributed by atoms with Gasteiger partial charge in [0.1, 0.15) is 12.7 Å². The highest BCUT2D eigenvalue weighted by molar-refractivity contribution is 4.89. The molecule has 78 valence electrons. The second-order valence-corrected chi connectivity index (χ2v) is 3.82. The maximum atomic E-state index is 13.2. The van der Waals surface area contributed by atoms with Crippen LogP contribution in [0.25, 0.3) is 0 Å². The fourth-order valence-electron chi connectivity index (χ4n) is 1.95. The van der Waals surface area contributed by atoms with Gasteiger partial charge < -0.3 is 10.3 Å². The predicted molar refractivity (Wildman–Crippen MR) is 45.8 cm³/mol. The van der Waals surface area contributed by atoms with Gasteiger partial charge in [-0.2, -0.15) is 0 Å². The van der Waals surface area contributed by atoms with Crippen molar-refractivity contribution < 1.29 is 8.78 Å². The largest absolute Gasteiger partial charge is 0.327 e. The molecule has 6 heteroatoms. The van der Waals surface area contributed by atoms with Crippen LogP contribution in [0.1, 0.15) is 25.3 Å². The molecule has 2 rings (SSSR count). The van der Waals surface area contributed by atoms with Crippen LogP contribution in [0, 0.1) is 0 Å². The Morgan fingerprint density at radius 2 is 1.93 bits per heavy atom. The number of halogens is 2. The summed E-state index contributed by atoms with van der Waals surface area (Å²) in [4.78, 5) is 0. The number of aromatic nitrogens is 3. The van der Waals surface area contributed by atoms with E-state index in [0.717, 1.165) is 0 Å². The fourth-order valence-corrected chi connectivity index (χ4v) is 1.95. The van der Waals surface area contributed by atoms with Gasteiger partial charge in [-0.15, -0.1) is 10.2 Å². The Hall–Kier alpha value is -1.04. The minimum absolute atomic E-state index is 0.168. The summed E-state index contributed by atoms with van der Waals surface area (Å²) in [6.45, 7) is 0. The van der Waals surface area contributed by atoms with Crippen molar-refractivity contribution in [1.82, 2.24) is 14.8 Å². The van der Waals surface area contributed by atoms with Crippen LogP contribution in [-0.2, 0) is 0 Å². The van der Waals surface area contributed by atoms with E-state index in [9.17, 15) is 8.78 Å². The molecule has 1 aliphatic carbocycles. The molecule has 1 aliphatic rings. The van der Waals surface area contributed by atoms with Crippen LogP contribution in [0.15, 0.2) is 12.7 Å². The SMILES string of the molecule is NC1CC(n2cnnc2)CC(F)(F)C1. The third kappa shape index (κ3) is 1.89. The van der Waals surface area contributed by atoms with E-state index in [1.165, 1.54) is 12.7 Å². The molecular weight excluding hydrogens is 190 g/mol. The Balaban J connectivity index is 2.14. The van der Waals surface area contributed by atoms with E-state index in [1.807, 2.05) is 0 Å². The maximum Gasteiger partial charge on any atom is 0.251 e. The Labute approximate surface area is 80.1 Å². The normalized spacial score (nSPS) is 31.6. The number of nitrogens with zero attached hydrogens (tertiary/aromatic N) is 3. The second kappa shape index (κ2) is 3.27. The minimum atomic E-state index is -2.66. The standard InChI is InChI=1S/C8H12F2N4/c9-8(10)2-6(11)1-7(3-8)14-4-12-13-5-14/h4-7H,1-3,11H2. The number of nitrogens with two attached hydrogens (primary N) is 1. The average Bonchev–Trinajstić information content (AvgIpc) is 2.51. The van der Waals surface area contributed by atoms with Crippen molar-refractivity contribution in [3.63, 3.8) is 0 Å². The molecular formula is C8H12F2N4. The highest BCUT2D eigenvalue weighted by Gasteiger charge is 2.40. The lowest BCUT2D eigenvalue weighted by atomic mass is 9.88. The van der Waals surface area contributed by atoms with Gasteiger partial charge in [-0.1, -0.05) is 0 Å². The first-order valence-corrected chi connectivity index (χ1v) is 4.54. The molecule has 14 heavy (non-hydrogen) atoms. The first-order valence-electron chi connectivity index (χ1n) is 4.54. The smallest absolute Gasteiger partial charge is 0.251 e. The molecule has 2 atom stereocenters. The van der Waals surface area contributed by atoms with Gasteiger partial charge in [0.15, 0.2) is 0 Å². The highest BCUT2D eigenvalue weighted by atomic mass is 19.3. The second-order valence-electron chi connectivity index (χ2n) is 3.82. The topological polar surface area (TPSA) is 56.7 Å². The van der Waals surface area contributed by atoms with E-state index in [0.29, 0.717) is 6.42 Å². The Kier molecular flexibility index (Phi) is 2.22. The zero-order chi connectivity index (χ0) is 10.2. The summed E-state index contributed by atoms with van der Waals surface area (Å²) in [5, 5.41) is 7.19. The summed E-state index contributed by atoms with van der Waals surface area (Å²) >= 11 is 0. The summed E-state index contributed by atoms with van der Waals surface area (Å²) in [7, 11) is 0. The van der Waals surface area contributed by atoms with Crippen molar-refractivity contribution in [2.45, 2.75) is 37.3 Å². The van der Waals surface area contributed by atoms with Gasteiger partial charge in [0.05, 0.1) is 0 Å². The van der Waals surface area contributed by atoms with E-state index < -0.39 is 12.0 Å². The molecule has 0 spiro atoms. The van der Waals surface area contributed by atoms with Crippen LogP contribution < -0.4 is 5.73 Å². The molecule has 0 amide bonds. The minimum Gasteiger partial charge on any atom is -0.327 e. The van der Waals surface area contributed by atoms with E-state index in [1.54, 1.807) is 4.57 Å². The Morgan fingerprint density at radius 1 is 1.29 bits per heavy atom. The van der Waals surface area contributed by atoms with Gasteiger partial charge in [-0.3, -0.25) is 0 Å². The van der Waals surface area contributed by atoms with Crippen molar-refractivity contribution >= 4 is 0 Å². The summed E-state index contributed by atoms with van der Waals surface area (Å²) in [5.74, 6) is -2.66. The number of hydrogen-bond donors (Lipinski definition) is 1. The van der Waals surface area contributed by atoms with E-state index in [-0.39, 0.29) is 18.9 Å². The lowest BCUT2D eigenvalue weighted by Crippen LogP contribution is -2.39. The molecule has 0 aliphatic heterocycles. The van der Waals surface area contributed by atoms with Crippen LogP contribution in [-0.4, -0.2) is 26.7 Å². The van der Waals surface area contributed by atoms with Gasteiger partial charge in [-0.05, 0) is 6.42 Å². The quantitative estimate of drug-likeness (QED) is 0.738. The molecule has 0 saturated heterocycles. The zero-order valence-corrected chi connectivity index (χ0v) is 7.61. The van der Waals surface area contributed by atoms with Gasteiger partial charge in [0, 0.05) is 24.9 Å². The van der Waals surface area contributed by atoms with E-state index >= 15 is 0 Å². The van der Waals surface area contributed by atoms with E-state index in [2.05, 4.69) is 10.2 Å². The summed E-state index contributed by atoms with van der Waals surface area (Å²) in [6, 6.07) is -0.713. The van der Waals surface area contributed by atoms with Crippen LogP contribution in [0.4, 0.5) is 8.78 Å². The van der Waals surface area contributed by atoms with Gasteiger partial charge in [0.2, 0.25) is 0 Å². The summed E-state index contributed by atoms with van der Waals surface area (Å²) in [5.41, 5.74) is 5.57. The zero-order valence-electron chi connectivity index (χ0n) is 7.61. The lowest BCUT2D eigenvalue weighted by molar-refractivity contribution is -0.0558. The highest BCUT2D eigenvalue weighted by Crippen LogP contribution is 2.38. The fraction of sp³-hybridized carbons (Fsp3) is 0.750. The van der Waals surface area contributed by atoms with Crippen molar-refractivity contribution in [3.8, 4) is 0 Å². The van der Waals surface area contributed by atoms with Gasteiger partial charge in [-0.25, -0.2) is 8.78 Å². The van der Waals surface area contributed by atoms with Crippen LogP contribution in [0.5, 0.6) is 0 Å². The molecule has 2 N–H and O–H groups in total. The van der Waals surface area contributed by atoms with Crippen LogP contribution in [0.2, 0.25) is 0 Å². The molecule has 1 fully saturated rings. The number of hydrogen-bond acceptors (Lipinski definition) is 3. The molecule has 0 radical (unpaired) electrons. The molecule has 1 heterocycles. The van der Waals surface area contributed by atoms with Gasteiger partial charge >= 0.3 is 0 Å². The van der Waals surface area contributed by atoms with Crippen LogP contribution in [0.3, 0.4) is 0 Å².